The van der Waals surface area contributed by atoms with Crippen LogP contribution in [0, 0.1) is 0 Å². The fourth-order valence-corrected chi connectivity index (χ4v) is 3.69. The highest BCUT2D eigenvalue weighted by Gasteiger charge is 2.31. The summed E-state index contributed by atoms with van der Waals surface area (Å²) < 4.78 is 5.67. The lowest BCUT2D eigenvalue weighted by molar-refractivity contribution is -0.125. The van der Waals surface area contributed by atoms with Crippen molar-refractivity contribution in [3.8, 4) is 5.75 Å². The van der Waals surface area contributed by atoms with E-state index in [4.69, 9.17) is 4.74 Å². The van der Waals surface area contributed by atoms with Crippen molar-refractivity contribution in [3.05, 3.63) is 96.1 Å². The summed E-state index contributed by atoms with van der Waals surface area (Å²) in [5, 5.41) is 3.13. The Morgan fingerprint density at radius 1 is 0.933 bits per heavy atom. The van der Waals surface area contributed by atoms with E-state index >= 15 is 0 Å². The summed E-state index contributed by atoms with van der Waals surface area (Å²) in [4.78, 5) is 27.1. The lowest BCUT2D eigenvalue weighted by Crippen LogP contribution is -2.46. The summed E-state index contributed by atoms with van der Waals surface area (Å²) in [6, 6.07) is 26.9. The molecule has 0 aromatic heterocycles. The largest absolute Gasteiger partial charge is 0.479 e. The van der Waals surface area contributed by atoms with Crippen LogP contribution in [0.1, 0.15) is 30.5 Å². The Kier molecular flexibility index (Phi) is 5.80. The minimum Gasteiger partial charge on any atom is -0.479 e. The second-order valence-corrected chi connectivity index (χ2v) is 7.29. The van der Waals surface area contributed by atoms with E-state index in [2.05, 4.69) is 5.32 Å². The van der Waals surface area contributed by atoms with Crippen LogP contribution in [0.4, 0.5) is 5.69 Å². The average Bonchev–Trinajstić information content (AvgIpc) is 2.79. The van der Waals surface area contributed by atoms with E-state index in [-0.39, 0.29) is 24.3 Å². The van der Waals surface area contributed by atoms with Crippen molar-refractivity contribution < 1.29 is 14.3 Å². The van der Waals surface area contributed by atoms with Crippen LogP contribution in [-0.2, 0) is 9.59 Å². The number of rotatable bonds is 6. The Balaban J connectivity index is 1.49. The Bertz CT molecular complexity index is 981. The molecule has 0 aliphatic carbocycles. The first-order valence-corrected chi connectivity index (χ1v) is 10.1. The third-order valence-corrected chi connectivity index (χ3v) is 5.21. The molecule has 3 aromatic carbocycles. The molecule has 0 spiro atoms. The molecule has 1 unspecified atom stereocenters. The van der Waals surface area contributed by atoms with Crippen LogP contribution in [0.15, 0.2) is 84.9 Å². The van der Waals surface area contributed by atoms with Gasteiger partial charge in [0.2, 0.25) is 5.91 Å². The third kappa shape index (κ3) is 4.20. The van der Waals surface area contributed by atoms with Gasteiger partial charge in [-0.3, -0.25) is 9.59 Å². The van der Waals surface area contributed by atoms with Crippen molar-refractivity contribution in [1.29, 1.82) is 0 Å². The SMILES string of the molecule is CC1Oc2ccccc2N(CCC(=O)NC(c2ccccc2)c2ccccc2)C1=O. The fourth-order valence-electron chi connectivity index (χ4n) is 3.69. The van der Waals surface area contributed by atoms with Gasteiger partial charge >= 0.3 is 0 Å². The second kappa shape index (κ2) is 8.82. The molecule has 1 aliphatic rings. The minimum absolute atomic E-state index is 0.114. The molecule has 0 radical (unpaired) electrons. The molecule has 0 saturated carbocycles. The summed E-state index contributed by atoms with van der Waals surface area (Å²) in [5.74, 6) is 0.415. The molecule has 1 aliphatic heterocycles. The average molecular weight is 400 g/mol. The predicted octanol–water partition coefficient (Wildman–Crippen LogP) is 4.10. The highest BCUT2D eigenvalue weighted by molar-refractivity contribution is 6.00. The van der Waals surface area contributed by atoms with E-state index < -0.39 is 6.10 Å². The Morgan fingerprint density at radius 2 is 1.50 bits per heavy atom. The molecule has 1 N–H and O–H groups in total. The fraction of sp³-hybridized carbons (Fsp3) is 0.200. The summed E-state index contributed by atoms with van der Waals surface area (Å²) in [6.07, 6.45) is -0.368. The Morgan fingerprint density at radius 3 is 2.13 bits per heavy atom. The zero-order valence-corrected chi connectivity index (χ0v) is 16.8. The van der Waals surface area contributed by atoms with Crippen molar-refractivity contribution in [3.63, 3.8) is 0 Å². The van der Waals surface area contributed by atoms with Crippen molar-refractivity contribution in [2.24, 2.45) is 0 Å². The number of carbonyl (C=O) groups excluding carboxylic acids is 2. The van der Waals surface area contributed by atoms with Gasteiger partial charge in [-0.05, 0) is 30.2 Å². The highest BCUT2D eigenvalue weighted by atomic mass is 16.5. The maximum absolute atomic E-state index is 12.9. The molecular formula is C25H24N2O3. The summed E-state index contributed by atoms with van der Waals surface area (Å²) >= 11 is 0. The summed E-state index contributed by atoms with van der Waals surface area (Å²) in [6.45, 7) is 2.03. The van der Waals surface area contributed by atoms with Crippen molar-refractivity contribution in [2.75, 3.05) is 11.4 Å². The molecule has 3 aromatic rings. The van der Waals surface area contributed by atoms with Crippen LogP contribution in [0.3, 0.4) is 0 Å². The number of benzene rings is 3. The van der Waals surface area contributed by atoms with Gasteiger partial charge in [0.25, 0.3) is 5.91 Å². The van der Waals surface area contributed by atoms with Crippen LogP contribution >= 0.6 is 0 Å². The van der Waals surface area contributed by atoms with Gasteiger partial charge in [-0.25, -0.2) is 0 Å². The molecule has 4 rings (SSSR count). The number of hydrogen-bond acceptors (Lipinski definition) is 3. The molecule has 5 nitrogen and oxygen atoms in total. The summed E-state index contributed by atoms with van der Waals surface area (Å²) in [5.41, 5.74) is 2.73. The number of nitrogens with zero attached hydrogens (tertiary/aromatic N) is 1. The van der Waals surface area contributed by atoms with Crippen molar-refractivity contribution >= 4 is 17.5 Å². The van der Waals surface area contributed by atoms with E-state index in [0.29, 0.717) is 18.0 Å². The molecular weight excluding hydrogens is 376 g/mol. The van der Waals surface area contributed by atoms with Gasteiger partial charge in [-0.15, -0.1) is 0 Å². The number of fused-ring (bicyclic) bond motifs is 1. The number of nitrogens with one attached hydrogen (secondary N) is 1. The van der Waals surface area contributed by atoms with Gasteiger partial charge < -0.3 is 15.0 Å². The zero-order valence-electron chi connectivity index (χ0n) is 16.8. The Hall–Kier alpha value is -3.60. The van der Waals surface area contributed by atoms with Gasteiger partial charge in [0.15, 0.2) is 6.10 Å². The van der Waals surface area contributed by atoms with Gasteiger partial charge in [0, 0.05) is 13.0 Å². The minimum atomic E-state index is -0.565. The lowest BCUT2D eigenvalue weighted by atomic mass is 9.98. The van der Waals surface area contributed by atoms with E-state index in [0.717, 1.165) is 11.1 Å². The first kappa shape index (κ1) is 19.7. The molecule has 2 amide bonds. The standard InChI is InChI=1S/C25H24N2O3/c1-18-25(29)27(21-14-8-9-15-22(21)30-18)17-16-23(28)26-24(19-10-4-2-5-11-19)20-12-6-3-7-13-20/h2-15,18,24H,16-17H2,1H3,(H,26,28). The zero-order chi connectivity index (χ0) is 20.9. The third-order valence-electron chi connectivity index (χ3n) is 5.21. The van der Waals surface area contributed by atoms with E-state index in [9.17, 15) is 9.59 Å². The number of anilines is 1. The van der Waals surface area contributed by atoms with Crippen LogP contribution in [0.5, 0.6) is 5.75 Å². The molecule has 0 saturated heterocycles. The molecule has 0 bridgehead atoms. The van der Waals surface area contributed by atoms with E-state index in [1.807, 2.05) is 84.9 Å². The van der Waals surface area contributed by atoms with Crippen LogP contribution in [0.2, 0.25) is 0 Å². The van der Waals surface area contributed by atoms with Gasteiger partial charge in [0.05, 0.1) is 11.7 Å². The van der Waals surface area contributed by atoms with E-state index in [1.165, 1.54) is 0 Å². The molecule has 0 fully saturated rings. The van der Waals surface area contributed by atoms with Crippen molar-refractivity contribution in [1.82, 2.24) is 5.32 Å². The molecule has 30 heavy (non-hydrogen) atoms. The number of carbonyl (C=O) groups is 2. The Labute approximate surface area is 176 Å². The van der Waals surface area contributed by atoms with Gasteiger partial charge in [0.1, 0.15) is 5.75 Å². The van der Waals surface area contributed by atoms with Crippen LogP contribution in [-0.4, -0.2) is 24.5 Å². The number of ether oxygens (including phenoxy) is 1. The molecule has 1 heterocycles. The number of amides is 2. The first-order chi connectivity index (χ1) is 14.6. The van der Waals surface area contributed by atoms with Gasteiger partial charge in [-0.2, -0.15) is 0 Å². The monoisotopic (exact) mass is 400 g/mol. The lowest BCUT2D eigenvalue weighted by Gasteiger charge is -2.33. The number of para-hydroxylation sites is 2. The topological polar surface area (TPSA) is 58.6 Å². The first-order valence-electron chi connectivity index (χ1n) is 10.1. The number of hydrogen-bond donors (Lipinski definition) is 1. The normalized spacial score (nSPS) is 15.5. The maximum atomic E-state index is 12.9. The predicted molar refractivity (Wildman–Crippen MR) is 116 cm³/mol. The van der Waals surface area contributed by atoms with Crippen molar-refractivity contribution in [2.45, 2.75) is 25.5 Å². The van der Waals surface area contributed by atoms with Crippen LogP contribution < -0.4 is 15.0 Å². The summed E-state index contributed by atoms with van der Waals surface area (Å²) in [7, 11) is 0. The maximum Gasteiger partial charge on any atom is 0.267 e. The molecule has 5 heteroatoms. The van der Waals surface area contributed by atoms with E-state index in [1.54, 1.807) is 11.8 Å². The highest BCUT2D eigenvalue weighted by Crippen LogP contribution is 2.33. The second-order valence-electron chi connectivity index (χ2n) is 7.29. The van der Waals surface area contributed by atoms with Crippen LogP contribution in [0.25, 0.3) is 0 Å². The van der Waals surface area contributed by atoms with Gasteiger partial charge in [-0.1, -0.05) is 72.8 Å². The molecule has 1 atom stereocenters. The smallest absolute Gasteiger partial charge is 0.267 e. The molecule has 152 valence electrons. The quantitative estimate of drug-likeness (QED) is 0.678.